The molecule has 0 aromatic heterocycles. The molecule has 2 heterocycles. The van der Waals surface area contributed by atoms with E-state index in [0.29, 0.717) is 0 Å². The molecule has 10 heteroatoms. The first-order valence-electron chi connectivity index (χ1n) is 11.0. The summed E-state index contributed by atoms with van der Waals surface area (Å²) in [4.78, 5) is 0. The van der Waals surface area contributed by atoms with E-state index >= 15 is 0 Å². The topological polar surface area (TPSA) is 172 Å². The second kappa shape index (κ2) is 13.2. The molecule has 30 heavy (non-hydrogen) atoms. The first-order chi connectivity index (χ1) is 14.4. The van der Waals surface area contributed by atoms with Gasteiger partial charge in [0.1, 0.15) is 24.4 Å². The van der Waals surface area contributed by atoms with Gasteiger partial charge >= 0.3 is 0 Å². The van der Waals surface area contributed by atoms with Gasteiger partial charge in [-0.3, -0.25) is 0 Å². The maximum absolute atomic E-state index is 10.5. The molecule has 2 fully saturated rings. The fraction of sp³-hybridized carbons (Fsp3) is 1.00. The molecular formula is C20H39NO9. The van der Waals surface area contributed by atoms with Crippen molar-refractivity contribution in [2.75, 3.05) is 19.8 Å². The lowest BCUT2D eigenvalue weighted by molar-refractivity contribution is -0.317. The van der Waals surface area contributed by atoms with E-state index in [9.17, 15) is 30.6 Å². The quantitative estimate of drug-likeness (QED) is 0.159. The number of aliphatic hydroxyl groups excluding tert-OH is 7. The first kappa shape index (κ1) is 25.9. The fourth-order valence-corrected chi connectivity index (χ4v) is 4.19. The van der Waals surface area contributed by atoms with Gasteiger partial charge in [0.2, 0.25) is 0 Å². The number of rotatable bonds is 12. The van der Waals surface area contributed by atoms with Crippen molar-refractivity contribution in [1.29, 1.82) is 0 Å². The Balaban J connectivity index is 1.82. The molecule has 2 aliphatic heterocycles. The van der Waals surface area contributed by atoms with Crippen LogP contribution in [0.4, 0.5) is 0 Å². The molecule has 178 valence electrons. The van der Waals surface area contributed by atoms with Crippen LogP contribution in [0.1, 0.15) is 51.4 Å². The Morgan fingerprint density at radius 2 is 1.43 bits per heavy atom. The summed E-state index contributed by atoms with van der Waals surface area (Å²) in [5.74, 6) is 0. The lowest BCUT2D eigenvalue weighted by atomic mass is 9.90. The minimum absolute atomic E-state index is 0.186. The summed E-state index contributed by atoms with van der Waals surface area (Å²) < 4.78 is 11.1. The van der Waals surface area contributed by atoms with E-state index in [1.54, 1.807) is 0 Å². The van der Waals surface area contributed by atoms with Crippen LogP contribution >= 0.6 is 0 Å². The summed E-state index contributed by atoms with van der Waals surface area (Å²) in [5, 5.41) is 71.5. The Kier molecular flexibility index (Phi) is 11.4. The molecule has 9 atom stereocenters. The molecule has 2 saturated heterocycles. The normalized spacial score (nSPS) is 39.9. The number of hydrogen-bond acceptors (Lipinski definition) is 10. The Morgan fingerprint density at radius 1 is 0.767 bits per heavy atom. The van der Waals surface area contributed by atoms with E-state index in [0.717, 1.165) is 44.9 Å². The van der Waals surface area contributed by atoms with Gasteiger partial charge in [-0.05, 0) is 12.8 Å². The first-order valence-corrected chi connectivity index (χ1v) is 11.0. The highest BCUT2D eigenvalue weighted by Gasteiger charge is 2.46. The van der Waals surface area contributed by atoms with Crippen LogP contribution in [0, 0.1) is 0 Å². The minimum Gasteiger partial charge on any atom is -0.396 e. The van der Waals surface area contributed by atoms with Gasteiger partial charge in [0, 0.05) is 19.1 Å². The highest BCUT2D eigenvalue weighted by Crippen LogP contribution is 2.27. The van der Waals surface area contributed by atoms with E-state index in [2.05, 4.69) is 5.32 Å². The Bertz CT molecular complexity index is 470. The smallest absolute Gasteiger partial charge is 0.187 e. The van der Waals surface area contributed by atoms with Crippen LogP contribution in [-0.4, -0.2) is 111 Å². The SMILES string of the molecule is OCCCCCCCC[C@H]1N[C@H](CO)[C@@H](O[C@@H]2O[C@H](CO)[C@@H](O)[C@H](O)[C@H]2O)C[C@H]1O. The summed E-state index contributed by atoms with van der Waals surface area (Å²) in [6.07, 6.45) is -1.36. The molecule has 0 aliphatic carbocycles. The Labute approximate surface area is 177 Å². The van der Waals surface area contributed by atoms with Crippen LogP contribution in [-0.2, 0) is 9.47 Å². The van der Waals surface area contributed by atoms with Crippen LogP contribution in [0.2, 0.25) is 0 Å². The third-order valence-electron chi connectivity index (χ3n) is 6.09. The van der Waals surface area contributed by atoms with Crippen LogP contribution in [0.5, 0.6) is 0 Å². The number of ether oxygens (including phenoxy) is 2. The zero-order valence-electron chi connectivity index (χ0n) is 17.4. The van der Waals surface area contributed by atoms with Gasteiger partial charge < -0.3 is 50.5 Å². The lowest BCUT2D eigenvalue weighted by Gasteiger charge is -2.45. The molecule has 0 unspecified atom stereocenters. The summed E-state index contributed by atoms with van der Waals surface area (Å²) in [6, 6.07) is -0.676. The van der Waals surface area contributed by atoms with Crippen molar-refractivity contribution in [3.8, 4) is 0 Å². The van der Waals surface area contributed by atoms with Crippen LogP contribution < -0.4 is 5.32 Å². The van der Waals surface area contributed by atoms with Gasteiger partial charge in [0.25, 0.3) is 0 Å². The highest BCUT2D eigenvalue weighted by molar-refractivity contribution is 4.95. The number of nitrogens with one attached hydrogen (secondary N) is 1. The van der Waals surface area contributed by atoms with Gasteiger partial charge in [0.05, 0.1) is 31.5 Å². The number of unbranched alkanes of at least 4 members (excludes halogenated alkanes) is 5. The van der Waals surface area contributed by atoms with Crippen molar-refractivity contribution in [2.24, 2.45) is 0 Å². The highest BCUT2D eigenvalue weighted by atomic mass is 16.7. The zero-order valence-corrected chi connectivity index (χ0v) is 17.4. The molecule has 10 nitrogen and oxygen atoms in total. The Hall–Kier alpha value is -0.400. The van der Waals surface area contributed by atoms with Gasteiger partial charge in [-0.15, -0.1) is 0 Å². The van der Waals surface area contributed by atoms with Gasteiger partial charge in [-0.25, -0.2) is 0 Å². The van der Waals surface area contributed by atoms with Gasteiger partial charge in [-0.2, -0.15) is 0 Å². The standard InChI is InChI=1S/C20H39NO9/c22-8-6-4-2-1-3-5-7-12-14(25)9-15(13(10-23)21-12)29-20-19(28)18(27)17(26)16(11-24)30-20/h12-28H,1-11H2/t12-,13-,14-,15+,16-,17-,18+,19-,20-/m1/s1. The van der Waals surface area contributed by atoms with Crippen molar-refractivity contribution >= 4 is 0 Å². The average Bonchev–Trinajstić information content (AvgIpc) is 2.74. The summed E-state index contributed by atoms with van der Waals surface area (Å²) in [5.41, 5.74) is 0. The second-order valence-electron chi connectivity index (χ2n) is 8.37. The van der Waals surface area contributed by atoms with Crippen molar-refractivity contribution in [2.45, 2.75) is 106 Å². The third kappa shape index (κ3) is 7.06. The molecule has 0 saturated carbocycles. The summed E-state index contributed by atoms with van der Waals surface area (Å²) >= 11 is 0. The largest absolute Gasteiger partial charge is 0.396 e. The minimum atomic E-state index is -1.54. The lowest BCUT2D eigenvalue weighted by Crippen LogP contribution is -2.63. The van der Waals surface area contributed by atoms with Gasteiger partial charge in [-0.1, -0.05) is 32.1 Å². The molecule has 0 aromatic carbocycles. The summed E-state index contributed by atoms with van der Waals surface area (Å²) in [7, 11) is 0. The van der Waals surface area contributed by atoms with E-state index in [4.69, 9.17) is 14.6 Å². The monoisotopic (exact) mass is 437 g/mol. The number of hydrogen-bond donors (Lipinski definition) is 8. The molecule has 0 amide bonds. The van der Waals surface area contributed by atoms with Crippen LogP contribution in [0.3, 0.4) is 0 Å². The third-order valence-corrected chi connectivity index (χ3v) is 6.09. The maximum atomic E-state index is 10.5. The Morgan fingerprint density at radius 3 is 2.07 bits per heavy atom. The second-order valence-corrected chi connectivity index (χ2v) is 8.37. The maximum Gasteiger partial charge on any atom is 0.187 e. The predicted octanol–water partition coefficient (Wildman–Crippen LogP) is -2.02. The molecule has 0 aromatic rings. The van der Waals surface area contributed by atoms with Crippen molar-refractivity contribution in [3.63, 3.8) is 0 Å². The molecule has 2 aliphatic rings. The molecule has 0 spiro atoms. The predicted molar refractivity (Wildman–Crippen MR) is 106 cm³/mol. The van der Waals surface area contributed by atoms with Crippen molar-refractivity contribution in [1.82, 2.24) is 5.32 Å². The van der Waals surface area contributed by atoms with E-state index < -0.39 is 55.6 Å². The van der Waals surface area contributed by atoms with Crippen LogP contribution in [0.15, 0.2) is 0 Å². The van der Waals surface area contributed by atoms with Gasteiger partial charge in [0.15, 0.2) is 6.29 Å². The van der Waals surface area contributed by atoms with Crippen molar-refractivity contribution < 1.29 is 45.2 Å². The molecular weight excluding hydrogens is 398 g/mol. The van der Waals surface area contributed by atoms with E-state index in [-0.39, 0.29) is 25.7 Å². The number of aliphatic hydroxyl groups is 7. The number of piperidine rings is 1. The van der Waals surface area contributed by atoms with Crippen molar-refractivity contribution in [3.05, 3.63) is 0 Å². The molecule has 8 N–H and O–H groups in total. The average molecular weight is 438 g/mol. The van der Waals surface area contributed by atoms with Crippen LogP contribution in [0.25, 0.3) is 0 Å². The molecule has 0 radical (unpaired) electrons. The van der Waals surface area contributed by atoms with E-state index in [1.807, 2.05) is 0 Å². The molecule has 2 rings (SSSR count). The fourth-order valence-electron chi connectivity index (χ4n) is 4.19. The zero-order chi connectivity index (χ0) is 22.1. The summed E-state index contributed by atoms with van der Waals surface area (Å²) in [6.45, 7) is -0.568. The molecule has 0 bridgehead atoms. The van der Waals surface area contributed by atoms with E-state index in [1.165, 1.54) is 0 Å².